The molecule has 4 rings (SSSR count). The number of phenols is 1. The van der Waals surface area contributed by atoms with Gasteiger partial charge in [-0.15, -0.1) is 6.58 Å². The van der Waals surface area contributed by atoms with Gasteiger partial charge in [-0.2, -0.15) is 9.61 Å². The number of ether oxygens (including phenoxy) is 1. The van der Waals surface area contributed by atoms with E-state index in [-0.39, 0.29) is 5.75 Å². The van der Waals surface area contributed by atoms with Gasteiger partial charge in [-0.1, -0.05) is 12.1 Å². The van der Waals surface area contributed by atoms with Gasteiger partial charge in [-0.3, -0.25) is 4.90 Å². The number of likely N-dealkylation sites (tertiary alicyclic amines) is 1. The average molecular weight is 422 g/mol. The van der Waals surface area contributed by atoms with E-state index in [9.17, 15) is 5.11 Å². The van der Waals surface area contributed by atoms with Crippen LogP contribution in [0.25, 0.3) is 5.65 Å². The summed E-state index contributed by atoms with van der Waals surface area (Å²) < 4.78 is 7.37. The van der Waals surface area contributed by atoms with Crippen LogP contribution in [-0.2, 0) is 13.0 Å². The minimum Gasteiger partial charge on any atom is -0.504 e. The number of anilines is 1. The highest BCUT2D eigenvalue weighted by atomic mass is 16.5. The number of nitrogen functional groups attached to an aromatic ring is 1. The molecule has 2 aromatic heterocycles. The van der Waals surface area contributed by atoms with Crippen molar-refractivity contribution in [3.05, 3.63) is 59.4 Å². The Morgan fingerprint density at radius 3 is 2.94 bits per heavy atom. The monoisotopic (exact) mass is 421 g/mol. The van der Waals surface area contributed by atoms with Crippen LogP contribution in [0.3, 0.4) is 0 Å². The van der Waals surface area contributed by atoms with Crippen LogP contribution < -0.4 is 10.5 Å². The maximum Gasteiger partial charge on any atom is 0.161 e. The predicted octanol–water partition coefficient (Wildman–Crippen LogP) is 3.83. The third-order valence-corrected chi connectivity index (χ3v) is 5.80. The third kappa shape index (κ3) is 4.51. The molecule has 1 aliphatic heterocycles. The molecule has 31 heavy (non-hydrogen) atoms. The van der Waals surface area contributed by atoms with E-state index in [1.807, 2.05) is 32.0 Å². The maximum atomic E-state index is 10.5. The first-order valence-corrected chi connectivity index (χ1v) is 10.9. The fourth-order valence-corrected chi connectivity index (χ4v) is 4.44. The molecule has 0 spiro atoms. The highest BCUT2D eigenvalue weighted by Gasteiger charge is 2.24. The molecule has 1 aliphatic rings. The first-order chi connectivity index (χ1) is 15.0. The number of benzene rings is 1. The van der Waals surface area contributed by atoms with E-state index in [1.54, 1.807) is 10.6 Å². The molecule has 1 aromatic carbocycles. The molecule has 0 saturated carbocycles. The molecule has 0 bridgehead atoms. The molecule has 1 fully saturated rings. The number of piperidine rings is 1. The average Bonchev–Trinajstić information content (AvgIpc) is 3.13. The Bertz CT molecular complexity index is 1090. The van der Waals surface area contributed by atoms with Crippen LogP contribution in [0.1, 0.15) is 48.2 Å². The normalized spacial score (nSPS) is 17.2. The lowest BCUT2D eigenvalue weighted by atomic mass is 9.94. The Balaban J connectivity index is 1.55. The Morgan fingerprint density at radius 2 is 2.16 bits per heavy atom. The van der Waals surface area contributed by atoms with Crippen molar-refractivity contribution in [1.82, 2.24) is 19.5 Å². The van der Waals surface area contributed by atoms with Crippen molar-refractivity contribution in [3.63, 3.8) is 0 Å². The number of rotatable bonds is 7. The molecule has 0 aliphatic carbocycles. The van der Waals surface area contributed by atoms with Gasteiger partial charge in [0.15, 0.2) is 17.1 Å². The maximum absolute atomic E-state index is 10.5. The highest BCUT2D eigenvalue weighted by molar-refractivity contribution is 5.50. The van der Waals surface area contributed by atoms with Crippen molar-refractivity contribution < 1.29 is 9.84 Å². The van der Waals surface area contributed by atoms with Crippen molar-refractivity contribution in [2.45, 2.75) is 45.6 Å². The number of fused-ring (bicyclic) bond motifs is 1. The number of aromatic nitrogens is 3. The van der Waals surface area contributed by atoms with Gasteiger partial charge in [0.05, 0.1) is 18.0 Å². The summed E-state index contributed by atoms with van der Waals surface area (Å²) in [4.78, 5) is 7.28. The summed E-state index contributed by atoms with van der Waals surface area (Å²) in [7, 11) is 0. The van der Waals surface area contributed by atoms with Crippen molar-refractivity contribution in [1.29, 1.82) is 0 Å². The molecule has 3 N–H and O–H groups in total. The second-order valence-electron chi connectivity index (χ2n) is 8.26. The molecule has 3 aromatic rings. The summed E-state index contributed by atoms with van der Waals surface area (Å²) in [5.74, 6) is 1.71. The Kier molecular flexibility index (Phi) is 6.13. The van der Waals surface area contributed by atoms with Gasteiger partial charge in [-0.05, 0) is 51.3 Å². The van der Waals surface area contributed by atoms with Gasteiger partial charge in [0.1, 0.15) is 5.82 Å². The standard InChI is InChI=1S/C24H31N5O2/c1-4-7-18-11-17(12-21(24(18)30)31-5-2)14-28-9-6-8-19(15-28)20-13-22(25)29-23(26-20)10-16(3)27-29/h4,10-13,19,30H,1,5-9,14-15,25H2,2-3H3. The zero-order valence-corrected chi connectivity index (χ0v) is 18.3. The van der Waals surface area contributed by atoms with E-state index in [0.29, 0.717) is 30.5 Å². The Morgan fingerprint density at radius 1 is 1.32 bits per heavy atom. The molecule has 1 saturated heterocycles. The topological polar surface area (TPSA) is 88.9 Å². The molecule has 1 unspecified atom stereocenters. The lowest BCUT2D eigenvalue weighted by molar-refractivity contribution is 0.198. The van der Waals surface area contributed by atoms with Gasteiger partial charge in [-0.25, -0.2) is 4.98 Å². The smallest absolute Gasteiger partial charge is 0.161 e. The molecular formula is C24H31N5O2. The number of nitrogens with two attached hydrogens (primary N) is 1. The minimum atomic E-state index is 0.214. The zero-order chi connectivity index (χ0) is 22.0. The fraction of sp³-hybridized carbons (Fsp3) is 0.417. The SMILES string of the molecule is C=CCc1cc(CN2CCCC(c3cc(N)n4nc(C)cc4n3)C2)cc(OCC)c1O. The van der Waals surface area contributed by atoms with Crippen LogP contribution >= 0.6 is 0 Å². The third-order valence-electron chi connectivity index (χ3n) is 5.80. The first-order valence-electron chi connectivity index (χ1n) is 10.9. The van der Waals surface area contributed by atoms with Crippen LogP contribution in [-0.4, -0.2) is 44.3 Å². The van der Waals surface area contributed by atoms with Crippen LogP contribution in [0.15, 0.2) is 36.9 Å². The van der Waals surface area contributed by atoms with Gasteiger partial charge in [0, 0.05) is 36.7 Å². The molecule has 164 valence electrons. The second-order valence-corrected chi connectivity index (χ2v) is 8.26. The summed E-state index contributed by atoms with van der Waals surface area (Å²) in [6.45, 7) is 10.9. The molecule has 3 heterocycles. The van der Waals surface area contributed by atoms with Crippen LogP contribution in [0.4, 0.5) is 5.82 Å². The van der Waals surface area contributed by atoms with Gasteiger partial charge in [0.2, 0.25) is 0 Å². The van der Waals surface area contributed by atoms with Crippen molar-refractivity contribution in [2.24, 2.45) is 0 Å². The summed E-state index contributed by atoms with van der Waals surface area (Å²) in [6, 6.07) is 7.93. The number of aromatic hydroxyl groups is 1. The Labute approximate surface area is 183 Å². The van der Waals surface area contributed by atoms with E-state index >= 15 is 0 Å². The summed E-state index contributed by atoms with van der Waals surface area (Å²) >= 11 is 0. The Hall–Kier alpha value is -3.06. The van der Waals surface area contributed by atoms with E-state index in [1.165, 1.54) is 0 Å². The number of allylic oxidation sites excluding steroid dienone is 1. The highest BCUT2D eigenvalue weighted by Crippen LogP contribution is 2.34. The first kappa shape index (κ1) is 21.2. The quantitative estimate of drug-likeness (QED) is 0.564. The number of hydrogen-bond donors (Lipinski definition) is 2. The second kappa shape index (κ2) is 8.98. The fourth-order valence-electron chi connectivity index (χ4n) is 4.44. The van der Waals surface area contributed by atoms with E-state index in [4.69, 9.17) is 15.5 Å². The number of hydrogen-bond acceptors (Lipinski definition) is 6. The van der Waals surface area contributed by atoms with E-state index in [2.05, 4.69) is 22.6 Å². The summed E-state index contributed by atoms with van der Waals surface area (Å²) in [5, 5.41) is 14.9. The predicted molar refractivity (Wildman–Crippen MR) is 123 cm³/mol. The summed E-state index contributed by atoms with van der Waals surface area (Å²) in [6.07, 6.45) is 4.60. The summed E-state index contributed by atoms with van der Waals surface area (Å²) in [5.41, 5.74) is 11.0. The molecule has 7 nitrogen and oxygen atoms in total. The number of nitrogens with zero attached hydrogens (tertiary/aromatic N) is 4. The van der Waals surface area contributed by atoms with Crippen molar-refractivity contribution in [3.8, 4) is 11.5 Å². The van der Waals surface area contributed by atoms with Crippen LogP contribution in [0, 0.1) is 6.92 Å². The molecule has 1 atom stereocenters. The van der Waals surface area contributed by atoms with E-state index in [0.717, 1.165) is 60.6 Å². The molecular weight excluding hydrogens is 390 g/mol. The van der Waals surface area contributed by atoms with Gasteiger partial charge < -0.3 is 15.6 Å². The van der Waals surface area contributed by atoms with Crippen molar-refractivity contribution >= 4 is 11.5 Å². The largest absolute Gasteiger partial charge is 0.504 e. The van der Waals surface area contributed by atoms with Gasteiger partial charge in [0.25, 0.3) is 0 Å². The van der Waals surface area contributed by atoms with E-state index < -0.39 is 0 Å². The van der Waals surface area contributed by atoms with Crippen molar-refractivity contribution in [2.75, 3.05) is 25.4 Å². The lowest BCUT2D eigenvalue weighted by Crippen LogP contribution is -2.34. The lowest BCUT2D eigenvalue weighted by Gasteiger charge is -2.32. The van der Waals surface area contributed by atoms with Crippen LogP contribution in [0.2, 0.25) is 0 Å². The molecule has 0 amide bonds. The van der Waals surface area contributed by atoms with Crippen LogP contribution in [0.5, 0.6) is 11.5 Å². The number of phenolic OH excluding ortho intramolecular Hbond substituents is 1. The zero-order valence-electron chi connectivity index (χ0n) is 18.3. The minimum absolute atomic E-state index is 0.214. The molecule has 7 heteroatoms. The molecule has 0 radical (unpaired) electrons. The number of aryl methyl sites for hydroxylation is 1. The van der Waals surface area contributed by atoms with Gasteiger partial charge >= 0.3 is 0 Å².